The number of aliphatic hydroxyl groups excluding tert-OH is 1. The Labute approximate surface area is 118 Å². The molecule has 2 aromatic heterocycles. The minimum atomic E-state index is -0.448. The molecule has 1 unspecified atom stereocenters. The number of hydrogen-bond donors (Lipinski definition) is 1. The summed E-state index contributed by atoms with van der Waals surface area (Å²) in [6, 6.07) is 2.48. The van der Waals surface area contributed by atoms with E-state index in [4.69, 9.17) is 0 Å². The molecule has 0 aliphatic heterocycles. The molecule has 0 bridgehead atoms. The molecule has 1 atom stereocenters. The van der Waals surface area contributed by atoms with Crippen LogP contribution in [0.4, 0.5) is 0 Å². The lowest BCUT2D eigenvalue weighted by molar-refractivity contribution is 0.176. The Hall–Kier alpha value is -1.13. The fourth-order valence-electron chi connectivity index (χ4n) is 2.37. The SMILES string of the molecule is CCC(CC)n1ccc(CC(O)c2cscc2C)n1. The average Bonchev–Trinajstić information content (AvgIpc) is 3.00. The molecule has 3 nitrogen and oxygen atoms in total. The van der Waals surface area contributed by atoms with Crippen LogP contribution in [0.5, 0.6) is 0 Å². The summed E-state index contributed by atoms with van der Waals surface area (Å²) in [4.78, 5) is 0. The topological polar surface area (TPSA) is 38.0 Å². The van der Waals surface area contributed by atoms with Crippen molar-refractivity contribution < 1.29 is 5.11 Å². The van der Waals surface area contributed by atoms with Gasteiger partial charge in [-0.25, -0.2) is 0 Å². The molecule has 0 fully saturated rings. The largest absolute Gasteiger partial charge is 0.388 e. The molecule has 19 heavy (non-hydrogen) atoms. The molecule has 0 spiro atoms. The Bertz CT molecular complexity index is 514. The van der Waals surface area contributed by atoms with Crippen LogP contribution < -0.4 is 0 Å². The zero-order chi connectivity index (χ0) is 13.8. The second kappa shape index (κ2) is 6.35. The van der Waals surface area contributed by atoms with Crippen molar-refractivity contribution in [3.05, 3.63) is 39.8 Å². The second-order valence-electron chi connectivity index (χ2n) is 4.99. The minimum Gasteiger partial charge on any atom is -0.388 e. The maximum atomic E-state index is 10.3. The molecule has 0 saturated heterocycles. The first-order chi connectivity index (χ1) is 9.15. The number of rotatable bonds is 6. The van der Waals surface area contributed by atoms with Gasteiger partial charge in [-0.1, -0.05) is 13.8 Å². The van der Waals surface area contributed by atoms with E-state index < -0.39 is 6.10 Å². The highest BCUT2D eigenvalue weighted by Crippen LogP contribution is 2.24. The summed E-state index contributed by atoms with van der Waals surface area (Å²) in [5.41, 5.74) is 3.16. The van der Waals surface area contributed by atoms with Crippen molar-refractivity contribution in [1.29, 1.82) is 0 Å². The number of aromatic nitrogens is 2. The van der Waals surface area contributed by atoms with Crippen LogP contribution in [-0.4, -0.2) is 14.9 Å². The van der Waals surface area contributed by atoms with E-state index in [1.54, 1.807) is 11.3 Å². The van der Waals surface area contributed by atoms with Crippen molar-refractivity contribution in [1.82, 2.24) is 9.78 Å². The summed E-state index contributed by atoms with van der Waals surface area (Å²) < 4.78 is 2.03. The van der Waals surface area contributed by atoms with Crippen LogP contribution >= 0.6 is 11.3 Å². The Morgan fingerprint density at radius 3 is 2.63 bits per heavy atom. The van der Waals surface area contributed by atoms with Crippen molar-refractivity contribution in [2.24, 2.45) is 0 Å². The maximum Gasteiger partial charge on any atom is 0.0856 e. The molecule has 4 heteroatoms. The van der Waals surface area contributed by atoms with Gasteiger partial charge >= 0.3 is 0 Å². The van der Waals surface area contributed by atoms with E-state index in [1.165, 1.54) is 0 Å². The quantitative estimate of drug-likeness (QED) is 0.870. The van der Waals surface area contributed by atoms with Gasteiger partial charge in [-0.15, -0.1) is 0 Å². The highest BCUT2D eigenvalue weighted by atomic mass is 32.1. The van der Waals surface area contributed by atoms with E-state index in [-0.39, 0.29) is 0 Å². The molecular weight excluding hydrogens is 256 g/mol. The van der Waals surface area contributed by atoms with Crippen LogP contribution in [0.1, 0.15) is 55.7 Å². The van der Waals surface area contributed by atoms with Crippen molar-refractivity contribution >= 4 is 11.3 Å². The predicted molar refractivity (Wildman–Crippen MR) is 79.6 cm³/mol. The number of aryl methyl sites for hydroxylation is 1. The lowest BCUT2D eigenvalue weighted by Gasteiger charge is -2.13. The smallest absolute Gasteiger partial charge is 0.0856 e. The van der Waals surface area contributed by atoms with Gasteiger partial charge in [0, 0.05) is 12.6 Å². The number of aliphatic hydroxyl groups is 1. The van der Waals surface area contributed by atoms with Gasteiger partial charge < -0.3 is 5.11 Å². The molecule has 104 valence electrons. The fourth-order valence-corrected chi connectivity index (χ4v) is 3.27. The van der Waals surface area contributed by atoms with Gasteiger partial charge in [0.1, 0.15) is 0 Å². The molecule has 0 aliphatic carbocycles. The Kier molecular flexibility index (Phi) is 4.77. The Balaban J connectivity index is 2.06. The zero-order valence-electron chi connectivity index (χ0n) is 11.8. The summed E-state index contributed by atoms with van der Waals surface area (Å²) in [6.07, 6.45) is 4.34. The molecule has 0 radical (unpaired) electrons. The van der Waals surface area contributed by atoms with E-state index >= 15 is 0 Å². The molecule has 0 amide bonds. The summed E-state index contributed by atoms with van der Waals surface area (Å²) in [6.45, 7) is 6.40. The predicted octanol–water partition coefficient (Wildman–Crippen LogP) is 3.89. The van der Waals surface area contributed by atoms with Gasteiger partial charge in [0.15, 0.2) is 0 Å². The fraction of sp³-hybridized carbons (Fsp3) is 0.533. The van der Waals surface area contributed by atoms with E-state index in [0.717, 1.165) is 29.7 Å². The van der Waals surface area contributed by atoms with Crippen LogP contribution in [0.25, 0.3) is 0 Å². The van der Waals surface area contributed by atoms with E-state index in [9.17, 15) is 5.11 Å². The van der Waals surface area contributed by atoms with Crippen LogP contribution in [0.15, 0.2) is 23.0 Å². The summed E-state index contributed by atoms with van der Waals surface area (Å²) in [5, 5.41) is 19.0. The van der Waals surface area contributed by atoms with Gasteiger partial charge in [0.05, 0.1) is 17.8 Å². The monoisotopic (exact) mass is 278 g/mol. The van der Waals surface area contributed by atoms with Crippen molar-refractivity contribution in [3.63, 3.8) is 0 Å². The lowest BCUT2D eigenvalue weighted by atomic mass is 10.1. The summed E-state index contributed by atoms with van der Waals surface area (Å²) >= 11 is 1.64. The minimum absolute atomic E-state index is 0.448. The molecular formula is C15H22N2OS. The van der Waals surface area contributed by atoms with Gasteiger partial charge in [-0.2, -0.15) is 16.4 Å². The number of thiophene rings is 1. The zero-order valence-corrected chi connectivity index (χ0v) is 12.7. The number of nitrogens with zero attached hydrogens (tertiary/aromatic N) is 2. The van der Waals surface area contributed by atoms with E-state index in [1.807, 2.05) is 29.2 Å². The van der Waals surface area contributed by atoms with E-state index in [0.29, 0.717) is 12.5 Å². The Morgan fingerprint density at radius 2 is 2.05 bits per heavy atom. The van der Waals surface area contributed by atoms with Gasteiger partial charge in [0.2, 0.25) is 0 Å². The molecule has 2 rings (SSSR count). The van der Waals surface area contributed by atoms with E-state index in [2.05, 4.69) is 24.3 Å². The van der Waals surface area contributed by atoms with Crippen molar-refractivity contribution in [3.8, 4) is 0 Å². The molecule has 2 aromatic rings. The molecule has 0 saturated carbocycles. The average molecular weight is 278 g/mol. The highest BCUT2D eigenvalue weighted by molar-refractivity contribution is 7.08. The molecule has 0 aromatic carbocycles. The standard InChI is InChI=1S/C15H22N2OS/c1-4-13(5-2)17-7-6-12(16-17)8-15(18)14-10-19-9-11(14)3/h6-7,9-10,13,15,18H,4-5,8H2,1-3H3. The van der Waals surface area contributed by atoms with Crippen LogP contribution in [0.3, 0.4) is 0 Å². The third kappa shape index (κ3) is 3.25. The van der Waals surface area contributed by atoms with Crippen LogP contribution in [-0.2, 0) is 6.42 Å². The third-order valence-corrected chi connectivity index (χ3v) is 4.52. The summed E-state index contributed by atoms with van der Waals surface area (Å²) in [7, 11) is 0. The normalized spacial score (nSPS) is 13.1. The van der Waals surface area contributed by atoms with Crippen molar-refractivity contribution in [2.75, 3.05) is 0 Å². The lowest BCUT2D eigenvalue weighted by Crippen LogP contribution is -2.09. The van der Waals surface area contributed by atoms with Crippen LogP contribution in [0, 0.1) is 6.92 Å². The third-order valence-electron chi connectivity index (χ3n) is 3.64. The second-order valence-corrected chi connectivity index (χ2v) is 5.73. The van der Waals surface area contributed by atoms with Crippen molar-refractivity contribution in [2.45, 2.75) is 52.2 Å². The van der Waals surface area contributed by atoms with Gasteiger partial charge in [-0.3, -0.25) is 4.68 Å². The highest BCUT2D eigenvalue weighted by Gasteiger charge is 2.14. The molecule has 0 aliphatic rings. The Morgan fingerprint density at radius 1 is 1.32 bits per heavy atom. The first-order valence-corrected chi connectivity index (χ1v) is 7.84. The van der Waals surface area contributed by atoms with Gasteiger partial charge in [0.25, 0.3) is 0 Å². The molecule has 2 heterocycles. The van der Waals surface area contributed by atoms with Crippen LogP contribution in [0.2, 0.25) is 0 Å². The maximum absolute atomic E-state index is 10.3. The first-order valence-electron chi connectivity index (χ1n) is 6.90. The van der Waals surface area contributed by atoms with Gasteiger partial charge in [-0.05, 0) is 47.7 Å². The summed E-state index contributed by atoms with van der Waals surface area (Å²) in [5.74, 6) is 0. The molecule has 1 N–H and O–H groups in total. The first kappa shape index (κ1) is 14.3. The number of hydrogen-bond acceptors (Lipinski definition) is 3.